The van der Waals surface area contributed by atoms with E-state index in [0.717, 1.165) is 0 Å². The van der Waals surface area contributed by atoms with Crippen LogP contribution in [0.4, 0.5) is 0 Å². The van der Waals surface area contributed by atoms with Crippen molar-refractivity contribution in [2.45, 2.75) is 53.1 Å². The third kappa shape index (κ3) is 2.62. The summed E-state index contributed by atoms with van der Waals surface area (Å²) in [6.07, 6.45) is 2.25. The van der Waals surface area contributed by atoms with Gasteiger partial charge in [0.05, 0.1) is 0 Å². The Morgan fingerprint density at radius 3 is 2.18 bits per heavy atom. The summed E-state index contributed by atoms with van der Waals surface area (Å²) in [7, 11) is 0.450. The summed E-state index contributed by atoms with van der Waals surface area (Å²) >= 11 is 0. The van der Waals surface area contributed by atoms with E-state index < -0.39 is 8.07 Å². The van der Waals surface area contributed by atoms with Crippen LogP contribution in [0.1, 0.15) is 41.7 Å². The second-order valence-corrected chi connectivity index (χ2v) is 14.0. The minimum Gasteiger partial charge on any atom is -0.201 e. The molecular formula is C26H32NSi+. The van der Waals surface area contributed by atoms with Crippen molar-refractivity contribution < 1.29 is 4.57 Å². The first-order chi connectivity index (χ1) is 13.0. The lowest BCUT2D eigenvalue weighted by molar-refractivity contribution is -0.660. The fraction of sp³-hybridized carbons (Fsp3) is 0.346. The molecule has 0 amide bonds. The van der Waals surface area contributed by atoms with E-state index in [0.29, 0.717) is 0 Å². The topological polar surface area (TPSA) is 3.88 Å². The maximum atomic E-state index is 2.51. The first-order valence-corrected chi connectivity index (χ1v) is 13.3. The normalized spacial score (nSPS) is 16.4. The van der Waals surface area contributed by atoms with Crippen LogP contribution in [0.2, 0.25) is 13.1 Å². The molecule has 2 heteroatoms. The molecule has 0 atom stereocenters. The number of hydrogen-bond donors (Lipinski definition) is 0. The Labute approximate surface area is 171 Å². The van der Waals surface area contributed by atoms with Gasteiger partial charge in [0.1, 0.15) is 15.1 Å². The van der Waals surface area contributed by atoms with Crippen LogP contribution in [0.25, 0.3) is 11.3 Å². The molecule has 0 fully saturated rings. The molecule has 0 radical (unpaired) electrons. The molecule has 2 heterocycles. The Morgan fingerprint density at radius 2 is 1.46 bits per heavy atom. The van der Waals surface area contributed by atoms with Crippen molar-refractivity contribution in [2.75, 3.05) is 0 Å². The predicted molar refractivity (Wildman–Crippen MR) is 123 cm³/mol. The van der Waals surface area contributed by atoms with Crippen molar-refractivity contribution in [3.05, 3.63) is 76.5 Å². The average molecular weight is 387 g/mol. The first-order valence-electron chi connectivity index (χ1n) is 10.3. The molecule has 0 saturated heterocycles. The van der Waals surface area contributed by atoms with Crippen LogP contribution < -0.4 is 14.9 Å². The second kappa shape index (κ2) is 6.15. The number of benzene rings is 2. The number of pyridine rings is 1. The van der Waals surface area contributed by atoms with Gasteiger partial charge in [0, 0.05) is 22.6 Å². The molecule has 144 valence electrons. The Hall–Kier alpha value is -2.19. The lowest BCUT2D eigenvalue weighted by atomic mass is 9.76. The molecule has 1 nitrogen and oxygen atoms in total. The highest BCUT2D eigenvalue weighted by molar-refractivity contribution is 7.01. The Kier molecular flexibility index (Phi) is 4.20. The Morgan fingerprint density at radius 1 is 0.786 bits per heavy atom. The zero-order chi connectivity index (χ0) is 20.4. The highest BCUT2D eigenvalue weighted by Gasteiger charge is 2.43. The van der Waals surface area contributed by atoms with E-state index in [1.807, 2.05) is 0 Å². The van der Waals surface area contributed by atoms with Crippen molar-refractivity contribution in [1.29, 1.82) is 0 Å². The maximum Gasteiger partial charge on any atom is 0.212 e. The standard InChI is InChI=1S/C26H32NSi/c1-17-13-23(27(6)16-19(17)3)20-15-22-25(14-18(20)2)28(7,8)24-12-10-9-11-21(24)26(22,4)5/h9-16H,1-8H3/q+1. The summed E-state index contributed by atoms with van der Waals surface area (Å²) in [5.74, 6) is 0. The van der Waals surface area contributed by atoms with Gasteiger partial charge in [0.15, 0.2) is 6.20 Å². The van der Waals surface area contributed by atoms with Crippen LogP contribution in [-0.2, 0) is 12.5 Å². The van der Waals surface area contributed by atoms with Crippen LogP contribution >= 0.6 is 0 Å². The summed E-state index contributed by atoms with van der Waals surface area (Å²) in [6.45, 7) is 16.5. The zero-order valence-corrected chi connectivity index (χ0v) is 19.6. The summed E-state index contributed by atoms with van der Waals surface area (Å²) in [5, 5.41) is 3.19. The molecule has 1 aliphatic heterocycles. The first kappa shape index (κ1) is 19.1. The number of aryl methyl sites for hydroxylation is 4. The van der Waals surface area contributed by atoms with E-state index in [-0.39, 0.29) is 5.41 Å². The third-order valence-corrected chi connectivity index (χ3v) is 10.5. The quantitative estimate of drug-likeness (QED) is 0.426. The van der Waals surface area contributed by atoms with Gasteiger partial charge in [-0.3, -0.25) is 0 Å². The maximum absolute atomic E-state index is 2.51. The van der Waals surface area contributed by atoms with Crippen molar-refractivity contribution in [3.63, 3.8) is 0 Å². The van der Waals surface area contributed by atoms with E-state index in [1.165, 1.54) is 39.1 Å². The molecule has 1 aromatic heterocycles. The summed E-state index contributed by atoms with van der Waals surface area (Å²) in [6, 6.07) is 16.5. The smallest absolute Gasteiger partial charge is 0.201 e. The molecule has 0 spiro atoms. The van der Waals surface area contributed by atoms with E-state index in [2.05, 4.69) is 108 Å². The van der Waals surface area contributed by atoms with Crippen molar-refractivity contribution >= 4 is 18.4 Å². The van der Waals surface area contributed by atoms with Crippen molar-refractivity contribution in [1.82, 2.24) is 0 Å². The molecular weight excluding hydrogens is 354 g/mol. The third-order valence-electron chi connectivity index (χ3n) is 7.00. The molecule has 2 aromatic carbocycles. The Balaban J connectivity index is 2.03. The van der Waals surface area contributed by atoms with Crippen LogP contribution in [0, 0.1) is 20.8 Å². The van der Waals surface area contributed by atoms with E-state index in [1.54, 1.807) is 10.4 Å². The molecule has 3 aromatic rings. The van der Waals surface area contributed by atoms with Crippen molar-refractivity contribution in [3.8, 4) is 11.3 Å². The van der Waals surface area contributed by atoms with Gasteiger partial charge in [-0.25, -0.2) is 4.57 Å². The van der Waals surface area contributed by atoms with Gasteiger partial charge in [-0.2, -0.15) is 0 Å². The molecule has 4 rings (SSSR count). The summed E-state index contributed by atoms with van der Waals surface area (Å²) in [4.78, 5) is 0. The van der Waals surface area contributed by atoms with Crippen LogP contribution in [0.5, 0.6) is 0 Å². The summed E-state index contributed by atoms with van der Waals surface area (Å²) in [5.41, 5.74) is 9.79. The SMILES string of the molecule is Cc1cc(-c2cc3c(cc2C)[Si](C)(C)c2ccccc2C3(C)C)[n+](C)cc1C. The number of fused-ring (bicyclic) bond motifs is 2. The monoisotopic (exact) mass is 386 g/mol. The van der Waals surface area contributed by atoms with E-state index in [4.69, 9.17) is 0 Å². The van der Waals surface area contributed by atoms with Gasteiger partial charge in [-0.15, -0.1) is 0 Å². The molecule has 0 N–H and O–H groups in total. The molecule has 0 saturated carbocycles. The minimum atomic E-state index is -1.72. The highest BCUT2D eigenvalue weighted by atomic mass is 28.3. The number of aromatic nitrogens is 1. The average Bonchev–Trinajstić information content (AvgIpc) is 2.63. The highest BCUT2D eigenvalue weighted by Crippen LogP contribution is 2.38. The lowest BCUT2D eigenvalue weighted by Gasteiger charge is -2.43. The summed E-state index contributed by atoms with van der Waals surface area (Å²) < 4.78 is 2.28. The Bertz CT molecular complexity index is 1110. The minimum absolute atomic E-state index is 0.0230. The van der Waals surface area contributed by atoms with Crippen LogP contribution in [-0.4, -0.2) is 8.07 Å². The van der Waals surface area contributed by atoms with Gasteiger partial charge in [-0.1, -0.05) is 67.6 Å². The van der Waals surface area contributed by atoms with Crippen LogP contribution in [0.3, 0.4) is 0 Å². The molecule has 0 aliphatic carbocycles. The number of nitrogens with zero attached hydrogens (tertiary/aromatic N) is 1. The van der Waals surface area contributed by atoms with E-state index in [9.17, 15) is 0 Å². The number of hydrogen-bond acceptors (Lipinski definition) is 0. The zero-order valence-electron chi connectivity index (χ0n) is 18.6. The number of rotatable bonds is 1. The van der Waals surface area contributed by atoms with E-state index >= 15 is 0 Å². The van der Waals surface area contributed by atoms with Crippen molar-refractivity contribution in [2.24, 2.45) is 7.05 Å². The molecule has 0 bridgehead atoms. The van der Waals surface area contributed by atoms with Gasteiger partial charge >= 0.3 is 0 Å². The predicted octanol–water partition coefficient (Wildman–Crippen LogP) is 4.57. The van der Waals surface area contributed by atoms with Gasteiger partial charge < -0.3 is 0 Å². The second-order valence-electron chi connectivity index (χ2n) is 9.64. The lowest BCUT2D eigenvalue weighted by Crippen LogP contribution is -2.62. The van der Waals surface area contributed by atoms with Crippen LogP contribution in [0.15, 0.2) is 48.7 Å². The molecule has 0 unspecified atom stereocenters. The van der Waals surface area contributed by atoms with Gasteiger partial charge in [-0.05, 0) is 49.1 Å². The molecule has 1 aliphatic rings. The van der Waals surface area contributed by atoms with Gasteiger partial charge in [0.2, 0.25) is 5.69 Å². The fourth-order valence-electron chi connectivity index (χ4n) is 5.03. The molecule has 28 heavy (non-hydrogen) atoms. The fourth-order valence-corrected chi connectivity index (χ4v) is 8.54. The van der Waals surface area contributed by atoms with Gasteiger partial charge in [0.25, 0.3) is 0 Å². The largest absolute Gasteiger partial charge is 0.212 e.